The zero-order valence-corrected chi connectivity index (χ0v) is 16.1. The molecule has 0 aliphatic heterocycles. The first-order valence-electron chi connectivity index (χ1n) is 9.53. The van der Waals surface area contributed by atoms with E-state index in [9.17, 15) is 4.79 Å². The summed E-state index contributed by atoms with van der Waals surface area (Å²) in [6.45, 7) is 10.5. The Morgan fingerprint density at radius 3 is 2.21 bits per heavy atom. The van der Waals surface area contributed by atoms with Crippen LogP contribution in [0.5, 0.6) is 5.75 Å². The molecule has 1 saturated carbocycles. The van der Waals surface area contributed by atoms with Crippen LogP contribution in [-0.4, -0.2) is 18.2 Å². The highest BCUT2D eigenvalue weighted by Crippen LogP contribution is 2.36. The third-order valence-corrected chi connectivity index (χ3v) is 4.91. The van der Waals surface area contributed by atoms with E-state index in [4.69, 9.17) is 9.47 Å². The van der Waals surface area contributed by atoms with Gasteiger partial charge in [-0.15, -0.1) is 0 Å². The molecule has 0 amide bonds. The molecule has 0 heterocycles. The third-order valence-electron chi connectivity index (χ3n) is 4.91. The predicted molar refractivity (Wildman–Crippen MR) is 99.6 cm³/mol. The highest BCUT2D eigenvalue weighted by atomic mass is 16.6. The van der Waals surface area contributed by atoms with Gasteiger partial charge in [0.15, 0.2) is 6.61 Å². The van der Waals surface area contributed by atoms with Crippen LogP contribution >= 0.6 is 0 Å². The Balaban J connectivity index is 0.00000139. The first-order valence-corrected chi connectivity index (χ1v) is 9.53. The third kappa shape index (κ3) is 5.85. The maximum atomic E-state index is 12.0. The van der Waals surface area contributed by atoms with Crippen molar-refractivity contribution in [2.45, 2.75) is 84.7 Å². The number of hydrogen-bond acceptors (Lipinski definition) is 3. The number of esters is 1. The number of hydrogen-bond donors (Lipinski definition) is 0. The second-order valence-corrected chi connectivity index (χ2v) is 6.38. The number of carbonyl (C=O) groups excluding carboxylic acids is 1. The first-order chi connectivity index (χ1) is 11.6. The molecular weight excluding hydrogens is 300 g/mol. The van der Waals surface area contributed by atoms with Crippen molar-refractivity contribution in [3.05, 3.63) is 29.8 Å². The number of ether oxygens (including phenoxy) is 2. The fourth-order valence-corrected chi connectivity index (χ4v) is 3.09. The lowest BCUT2D eigenvalue weighted by atomic mass is 9.99. The molecular formula is C21H34O3. The summed E-state index contributed by atoms with van der Waals surface area (Å²) >= 11 is 0. The van der Waals surface area contributed by atoms with Gasteiger partial charge in [0, 0.05) is 0 Å². The molecule has 0 saturated heterocycles. The molecule has 0 N–H and O–H groups in total. The smallest absolute Gasteiger partial charge is 0.344 e. The van der Waals surface area contributed by atoms with E-state index in [1.165, 1.54) is 5.56 Å². The molecule has 0 bridgehead atoms. The van der Waals surface area contributed by atoms with Gasteiger partial charge in [-0.2, -0.15) is 0 Å². The Morgan fingerprint density at radius 1 is 1.12 bits per heavy atom. The minimum atomic E-state index is -0.255. The van der Waals surface area contributed by atoms with Crippen LogP contribution in [0.1, 0.15) is 84.6 Å². The molecule has 0 radical (unpaired) electrons. The molecule has 1 aromatic carbocycles. The Morgan fingerprint density at radius 2 is 1.71 bits per heavy atom. The molecule has 1 aromatic rings. The Hall–Kier alpha value is -1.51. The van der Waals surface area contributed by atoms with Crippen LogP contribution in [-0.2, 0) is 9.53 Å². The molecule has 1 atom stereocenters. The zero-order valence-electron chi connectivity index (χ0n) is 16.1. The van der Waals surface area contributed by atoms with Crippen molar-refractivity contribution in [1.82, 2.24) is 0 Å². The average molecular weight is 335 g/mol. The van der Waals surface area contributed by atoms with Gasteiger partial charge in [-0.25, -0.2) is 4.79 Å². The van der Waals surface area contributed by atoms with E-state index in [0.29, 0.717) is 5.92 Å². The van der Waals surface area contributed by atoms with Crippen LogP contribution < -0.4 is 4.74 Å². The lowest BCUT2D eigenvalue weighted by Crippen LogP contribution is -2.33. The summed E-state index contributed by atoms with van der Waals surface area (Å²) in [4.78, 5) is 12.0. The second-order valence-electron chi connectivity index (χ2n) is 6.38. The van der Waals surface area contributed by atoms with Crippen molar-refractivity contribution in [2.75, 3.05) is 6.61 Å². The van der Waals surface area contributed by atoms with E-state index < -0.39 is 0 Å². The fourth-order valence-electron chi connectivity index (χ4n) is 3.09. The van der Waals surface area contributed by atoms with Crippen molar-refractivity contribution >= 4 is 5.97 Å². The maximum absolute atomic E-state index is 12.0. The highest BCUT2D eigenvalue weighted by molar-refractivity contribution is 5.71. The van der Waals surface area contributed by atoms with E-state index in [1.54, 1.807) is 0 Å². The van der Waals surface area contributed by atoms with Gasteiger partial charge in [0.1, 0.15) is 11.4 Å². The molecule has 24 heavy (non-hydrogen) atoms. The van der Waals surface area contributed by atoms with Gasteiger partial charge >= 0.3 is 5.97 Å². The van der Waals surface area contributed by atoms with Crippen molar-refractivity contribution in [2.24, 2.45) is 0 Å². The predicted octanol–water partition coefficient (Wildman–Crippen LogP) is 5.87. The van der Waals surface area contributed by atoms with Crippen LogP contribution in [0.3, 0.4) is 0 Å². The van der Waals surface area contributed by atoms with Crippen molar-refractivity contribution in [3.63, 3.8) is 0 Å². The summed E-state index contributed by atoms with van der Waals surface area (Å²) in [6, 6.07) is 8.00. The quantitative estimate of drug-likeness (QED) is 0.585. The lowest BCUT2D eigenvalue weighted by Gasteiger charge is -2.27. The van der Waals surface area contributed by atoms with E-state index in [2.05, 4.69) is 32.9 Å². The SMILES string of the molecule is CC.CCC(C)c1ccc(OCC(=O)OC2(CC)CCCC2)cc1. The number of carbonyl (C=O) groups is 1. The minimum Gasteiger partial charge on any atom is -0.482 e. The summed E-state index contributed by atoms with van der Waals surface area (Å²) in [6.07, 6.45) is 6.28. The first kappa shape index (κ1) is 20.5. The van der Waals surface area contributed by atoms with Crippen LogP contribution in [0.2, 0.25) is 0 Å². The Kier molecular flexibility index (Phi) is 8.88. The monoisotopic (exact) mass is 334 g/mol. The molecule has 1 aliphatic rings. The average Bonchev–Trinajstić information content (AvgIpc) is 3.10. The topological polar surface area (TPSA) is 35.5 Å². The maximum Gasteiger partial charge on any atom is 0.344 e. The van der Waals surface area contributed by atoms with E-state index >= 15 is 0 Å². The van der Waals surface area contributed by atoms with Crippen LogP contribution in [0.4, 0.5) is 0 Å². The Bertz CT molecular complexity index is 472. The van der Waals surface area contributed by atoms with Gasteiger partial charge in [-0.3, -0.25) is 0 Å². The van der Waals surface area contributed by atoms with Crippen molar-refractivity contribution < 1.29 is 14.3 Å². The van der Waals surface area contributed by atoms with Gasteiger partial charge in [0.2, 0.25) is 0 Å². The molecule has 0 aromatic heterocycles. The zero-order chi connectivity index (χ0) is 18.0. The number of benzene rings is 1. The molecule has 1 fully saturated rings. The van der Waals surface area contributed by atoms with Crippen LogP contribution in [0.25, 0.3) is 0 Å². The highest BCUT2D eigenvalue weighted by Gasteiger charge is 2.35. The van der Waals surface area contributed by atoms with Gasteiger partial charge in [0.25, 0.3) is 0 Å². The second kappa shape index (κ2) is 10.4. The van der Waals surface area contributed by atoms with E-state index in [1.807, 2.05) is 26.0 Å². The summed E-state index contributed by atoms with van der Waals surface area (Å²) in [5.41, 5.74) is 1.06. The summed E-state index contributed by atoms with van der Waals surface area (Å²) in [5.74, 6) is 1.02. The summed E-state index contributed by atoms with van der Waals surface area (Å²) < 4.78 is 11.2. The molecule has 2 rings (SSSR count). The largest absolute Gasteiger partial charge is 0.482 e. The molecule has 1 aliphatic carbocycles. The fraction of sp³-hybridized carbons (Fsp3) is 0.667. The molecule has 0 spiro atoms. The molecule has 136 valence electrons. The minimum absolute atomic E-state index is 0.00950. The van der Waals surface area contributed by atoms with Gasteiger partial charge in [0.05, 0.1) is 0 Å². The molecule has 3 nitrogen and oxygen atoms in total. The summed E-state index contributed by atoms with van der Waals surface area (Å²) in [5, 5.41) is 0. The van der Waals surface area contributed by atoms with Crippen molar-refractivity contribution in [3.8, 4) is 5.75 Å². The normalized spacial score (nSPS) is 16.7. The van der Waals surface area contributed by atoms with E-state index in [0.717, 1.165) is 44.3 Å². The molecule has 1 unspecified atom stereocenters. The van der Waals surface area contributed by atoms with Gasteiger partial charge in [-0.05, 0) is 62.1 Å². The lowest BCUT2D eigenvalue weighted by molar-refractivity contribution is -0.162. The van der Waals surface area contributed by atoms with Crippen molar-refractivity contribution in [1.29, 1.82) is 0 Å². The van der Waals surface area contributed by atoms with E-state index in [-0.39, 0.29) is 18.2 Å². The summed E-state index contributed by atoms with van der Waals surface area (Å²) in [7, 11) is 0. The Labute approximate surface area is 147 Å². The van der Waals surface area contributed by atoms with Crippen LogP contribution in [0, 0.1) is 0 Å². The van der Waals surface area contributed by atoms with Gasteiger partial charge < -0.3 is 9.47 Å². The standard InChI is InChI=1S/C19H28O3.C2H6/c1-4-15(3)16-8-10-17(11-9-16)21-14-18(20)22-19(5-2)12-6-7-13-19;1-2/h8-11,15H,4-7,12-14H2,1-3H3;1-2H3. The number of rotatable bonds is 7. The molecule has 3 heteroatoms. The van der Waals surface area contributed by atoms with Gasteiger partial charge in [-0.1, -0.05) is 46.8 Å². The van der Waals surface area contributed by atoms with Crippen LogP contribution in [0.15, 0.2) is 24.3 Å².